The first kappa shape index (κ1) is 11.9. The number of nitrogens with one attached hydrogen (secondary N) is 1. The average molecular weight is 271 g/mol. The highest BCUT2D eigenvalue weighted by Gasteiger charge is 2.36. The zero-order valence-electron chi connectivity index (χ0n) is 11.7. The van der Waals surface area contributed by atoms with Crippen molar-refractivity contribution in [3.63, 3.8) is 0 Å². The summed E-state index contributed by atoms with van der Waals surface area (Å²) in [7, 11) is 1.67. The molecule has 1 aliphatic heterocycles. The van der Waals surface area contributed by atoms with E-state index in [1.54, 1.807) is 19.6 Å². The second-order valence-electron chi connectivity index (χ2n) is 5.60. The molecule has 3 aromatic rings. The molecule has 0 amide bonds. The number of furan rings is 2. The Bertz CT molecular complexity index is 726. The zero-order valence-corrected chi connectivity index (χ0v) is 11.7. The molecule has 1 aliphatic rings. The predicted octanol–water partition coefficient (Wildman–Crippen LogP) is 3.79. The lowest BCUT2D eigenvalue weighted by Crippen LogP contribution is -2.33. The minimum Gasteiger partial charge on any atom is -0.492 e. The molecule has 1 fully saturated rings. The summed E-state index contributed by atoms with van der Waals surface area (Å²) in [5.74, 6) is 0.749. The Hall–Kier alpha value is -1.94. The summed E-state index contributed by atoms with van der Waals surface area (Å²) in [6, 6.07) is 3.94. The van der Waals surface area contributed by atoms with E-state index < -0.39 is 0 Å². The van der Waals surface area contributed by atoms with Gasteiger partial charge >= 0.3 is 0 Å². The van der Waals surface area contributed by atoms with Gasteiger partial charge in [0, 0.05) is 16.5 Å². The van der Waals surface area contributed by atoms with Crippen LogP contribution in [0.15, 0.2) is 33.5 Å². The second kappa shape index (κ2) is 4.03. The molecule has 4 rings (SSSR count). The lowest BCUT2D eigenvalue weighted by Gasteiger charge is -2.26. The van der Waals surface area contributed by atoms with E-state index in [0.717, 1.165) is 40.7 Å². The highest BCUT2D eigenvalue weighted by atomic mass is 16.5. The summed E-state index contributed by atoms with van der Waals surface area (Å²) in [5.41, 5.74) is 2.79. The van der Waals surface area contributed by atoms with Gasteiger partial charge < -0.3 is 18.9 Å². The van der Waals surface area contributed by atoms with Crippen molar-refractivity contribution < 1.29 is 13.6 Å². The standard InChI is InChI=1S/C16H17NO3/c1-16(6-3-7-17-16)12-10-4-8-20-15(10)14(18-2)11-5-9-19-13(11)12/h4-5,8-9,17H,3,6-7H2,1-2H3. The van der Waals surface area contributed by atoms with Crippen LogP contribution in [0.5, 0.6) is 5.75 Å². The van der Waals surface area contributed by atoms with E-state index in [1.165, 1.54) is 12.0 Å². The van der Waals surface area contributed by atoms with Gasteiger partial charge in [-0.05, 0) is 38.4 Å². The summed E-state index contributed by atoms with van der Waals surface area (Å²) in [5, 5.41) is 5.65. The normalized spacial score (nSPS) is 22.9. The Morgan fingerprint density at radius 3 is 2.60 bits per heavy atom. The van der Waals surface area contributed by atoms with Gasteiger partial charge in [-0.25, -0.2) is 0 Å². The third kappa shape index (κ3) is 1.40. The minimum absolute atomic E-state index is 0.0789. The molecule has 104 valence electrons. The molecule has 1 atom stereocenters. The third-order valence-corrected chi connectivity index (χ3v) is 4.40. The second-order valence-corrected chi connectivity index (χ2v) is 5.60. The van der Waals surface area contributed by atoms with Crippen LogP contribution in [-0.4, -0.2) is 13.7 Å². The van der Waals surface area contributed by atoms with Gasteiger partial charge in [0.25, 0.3) is 0 Å². The fourth-order valence-electron chi connectivity index (χ4n) is 3.47. The third-order valence-electron chi connectivity index (χ3n) is 4.40. The number of hydrogen-bond acceptors (Lipinski definition) is 4. The van der Waals surface area contributed by atoms with Gasteiger partial charge in [0.1, 0.15) is 5.58 Å². The smallest absolute Gasteiger partial charge is 0.176 e. The van der Waals surface area contributed by atoms with Gasteiger partial charge in [0.2, 0.25) is 0 Å². The Balaban J connectivity index is 2.17. The topological polar surface area (TPSA) is 47.5 Å². The van der Waals surface area contributed by atoms with Crippen LogP contribution < -0.4 is 10.1 Å². The van der Waals surface area contributed by atoms with E-state index in [1.807, 2.05) is 12.1 Å². The molecule has 2 aromatic heterocycles. The molecule has 1 saturated heterocycles. The van der Waals surface area contributed by atoms with Gasteiger partial charge in [-0.2, -0.15) is 0 Å². The van der Waals surface area contributed by atoms with Crippen molar-refractivity contribution >= 4 is 21.9 Å². The first-order valence-electron chi connectivity index (χ1n) is 6.94. The first-order valence-corrected chi connectivity index (χ1v) is 6.94. The monoisotopic (exact) mass is 271 g/mol. The summed E-state index contributed by atoms with van der Waals surface area (Å²) in [6.07, 6.45) is 5.70. The predicted molar refractivity (Wildman–Crippen MR) is 77.1 cm³/mol. The van der Waals surface area contributed by atoms with Crippen molar-refractivity contribution in [1.82, 2.24) is 5.32 Å². The molecule has 4 heteroatoms. The van der Waals surface area contributed by atoms with Crippen LogP contribution in [-0.2, 0) is 5.54 Å². The molecule has 1 unspecified atom stereocenters. The molecule has 0 saturated carbocycles. The molecule has 4 nitrogen and oxygen atoms in total. The maximum absolute atomic E-state index is 5.78. The molecule has 0 aliphatic carbocycles. The zero-order chi connectivity index (χ0) is 13.7. The lowest BCUT2D eigenvalue weighted by atomic mass is 9.86. The molecule has 1 N–H and O–H groups in total. The van der Waals surface area contributed by atoms with Crippen molar-refractivity contribution in [3.05, 3.63) is 30.2 Å². The summed E-state index contributed by atoms with van der Waals surface area (Å²) < 4.78 is 17.0. The molecular weight excluding hydrogens is 254 g/mol. The summed E-state index contributed by atoms with van der Waals surface area (Å²) >= 11 is 0. The largest absolute Gasteiger partial charge is 0.492 e. The molecule has 3 heterocycles. The Labute approximate surface area is 116 Å². The van der Waals surface area contributed by atoms with E-state index >= 15 is 0 Å². The van der Waals surface area contributed by atoms with Gasteiger partial charge in [-0.3, -0.25) is 0 Å². The fraction of sp³-hybridized carbons (Fsp3) is 0.375. The number of ether oxygens (including phenoxy) is 1. The first-order chi connectivity index (χ1) is 9.74. The fourth-order valence-corrected chi connectivity index (χ4v) is 3.47. The summed E-state index contributed by atoms with van der Waals surface area (Å²) in [4.78, 5) is 0. The quantitative estimate of drug-likeness (QED) is 0.770. The van der Waals surface area contributed by atoms with Crippen LogP contribution in [0.3, 0.4) is 0 Å². The van der Waals surface area contributed by atoms with Crippen LogP contribution in [0.1, 0.15) is 25.3 Å². The average Bonchev–Trinajstić information content (AvgIpc) is 3.15. The van der Waals surface area contributed by atoms with E-state index in [0.29, 0.717) is 0 Å². The Kier molecular flexibility index (Phi) is 2.39. The molecule has 0 bridgehead atoms. The SMILES string of the molecule is COc1c2ccoc2c(C2(C)CCCN2)c2ccoc12. The Morgan fingerprint density at radius 2 is 1.90 bits per heavy atom. The number of fused-ring (bicyclic) bond motifs is 2. The molecular formula is C16H17NO3. The highest BCUT2D eigenvalue weighted by molar-refractivity contribution is 6.05. The van der Waals surface area contributed by atoms with Gasteiger partial charge in [0.15, 0.2) is 11.3 Å². The van der Waals surface area contributed by atoms with E-state index in [-0.39, 0.29) is 5.54 Å². The van der Waals surface area contributed by atoms with Crippen molar-refractivity contribution in [2.75, 3.05) is 13.7 Å². The lowest BCUT2D eigenvalue weighted by molar-refractivity contribution is 0.412. The summed E-state index contributed by atoms with van der Waals surface area (Å²) in [6.45, 7) is 3.26. The van der Waals surface area contributed by atoms with Crippen molar-refractivity contribution in [2.24, 2.45) is 0 Å². The van der Waals surface area contributed by atoms with E-state index in [2.05, 4.69) is 12.2 Å². The number of hydrogen-bond donors (Lipinski definition) is 1. The van der Waals surface area contributed by atoms with Gasteiger partial charge in [-0.15, -0.1) is 0 Å². The van der Waals surface area contributed by atoms with Crippen LogP contribution in [0, 0.1) is 0 Å². The van der Waals surface area contributed by atoms with Crippen LogP contribution in [0.4, 0.5) is 0 Å². The van der Waals surface area contributed by atoms with Gasteiger partial charge in [0.05, 0.1) is 25.0 Å². The maximum Gasteiger partial charge on any atom is 0.176 e. The van der Waals surface area contributed by atoms with Crippen LogP contribution >= 0.6 is 0 Å². The number of methoxy groups -OCH3 is 1. The number of rotatable bonds is 2. The minimum atomic E-state index is -0.0789. The van der Waals surface area contributed by atoms with Gasteiger partial charge in [-0.1, -0.05) is 0 Å². The molecule has 1 aromatic carbocycles. The molecule has 20 heavy (non-hydrogen) atoms. The van der Waals surface area contributed by atoms with Crippen LogP contribution in [0.25, 0.3) is 21.9 Å². The molecule has 0 radical (unpaired) electrons. The van der Waals surface area contributed by atoms with E-state index in [4.69, 9.17) is 13.6 Å². The van der Waals surface area contributed by atoms with Crippen LogP contribution in [0.2, 0.25) is 0 Å². The van der Waals surface area contributed by atoms with Crippen molar-refractivity contribution in [3.8, 4) is 5.75 Å². The van der Waals surface area contributed by atoms with Crippen molar-refractivity contribution in [1.29, 1.82) is 0 Å². The highest BCUT2D eigenvalue weighted by Crippen LogP contribution is 2.45. The van der Waals surface area contributed by atoms with E-state index in [9.17, 15) is 0 Å². The number of benzene rings is 1. The Morgan fingerprint density at radius 1 is 1.15 bits per heavy atom. The van der Waals surface area contributed by atoms with Crippen molar-refractivity contribution in [2.45, 2.75) is 25.3 Å². The maximum atomic E-state index is 5.78. The molecule has 0 spiro atoms.